The molecule has 0 radical (unpaired) electrons. The third-order valence-corrected chi connectivity index (χ3v) is 3.74. The zero-order valence-corrected chi connectivity index (χ0v) is 15.1. The number of fused-ring (bicyclic) bond motifs is 1. The maximum atomic E-state index is 6.00. The zero-order chi connectivity index (χ0) is 14.5. The van der Waals surface area contributed by atoms with Crippen LogP contribution in [0.3, 0.4) is 0 Å². The number of anilines is 1. The number of halogens is 1. The van der Waals surface area contributed by atoms with E-state index in [9.17, 15) is 0 Å². The molecule has 0 saturated heterocycles. The van der Waals surface area contributed by atoms with Crippen molar-refractivity contribution in [1.29, 1.82) is 0 Å². The predicted molar refractivity (Wildman–Crippen MR) is 101 cm³/mol. The minimum Gasteiger partial charge on any atom is -0.370 e. The highest BCUT2D eigenvalue weighted by Crippen LogP contribution is 2.27. The Hall–Kier alpha value is -1.22. The van der Waals surface area contributed by atoms with Gasteiger partial charge in [0, 0.05) is 5.69 Å². The first-order valence-corrected chi connectivity index (χ1v) is 7.29. The van der Waals surface area contributed by atoms with Crippen molar-refractivity contribution in [3.05, 3.63) is 29.3 Å². The Kier molecular flexibility index (Phi) is 7.03. The van der Waals surface area contributed by atoms with Crippen LogP contribution in [-0.2, 0) is 12.8 Å². The number of benzene rings is 1. The Labute approximate surface area is 144 Å². The van der Waals surface area contributed by atoms with Gasteiger partial charge in [-0.25, -0.2) is 4.99 Å². The lowest BCUT2D eigenvalue weighted by Gasteiger charge is -2.20. The van der Waals surface area contributed by atoms with Crippen molar-refractivity contribution in [2.45, 2.75) is 45.6 Å². The molecule has 1 aromatic rings. The van der Waals surface area contributed by atoms with Crippen LogP contribution in [0.1, 0.15) is 37.8 Å². The predicted octanol–water partition coefficient (Wildman–Crippen LogP) is 3.57. The van der Waals surface area contributed by atoms with Crippen LogP contribution in [0.4, 0.5) is 5.69 Å². The fourth-order valence-electron chi connectivity index (χ4n) is 2.60. The Morgan fingerprint density at radius 1 is 1.33 bits per heavy atom. The topological polar surface area (TPSA) is 50.4 Å². The molecule has 0 saturated carbocycles. The highest BCUT2D eigenvalue weighted by Gasteiger charge is 2.14. The molecule has 1 atom stereocenters. The van der Waals surface area contributed by atoms with Crippen LogP contribution in [0.2, 0.25) is 0 Å². The second-order valence-electron chi connectivity index (χ2n) is 5.65. The molecular weight excluding hydrogens is 373 g/mol. The van der Waals surface area contributed by atoms with Crippen LogP contribution >= 0.6 is 24.0 Å². The van der Waals surface area contributed by atoms with Crippen molar-refractivity contribution in [3.8, 4) is 12.3 Å². The second kappa shape index (κ2) is 8.28. The van der Waals surface area contributed by atoms with E-state index < -0.39 is 0 Å². The number of guanidine groups is 1. The van der Waals surface area contributed by atoms with Gasteiger partial charge in [-0.1, -0.05) is 31.9 Å². The summed E-state index contributed by atoms with van der Waals surface area (Å²) in [5.74, 6) is 3.36. The lowest BCUT2D eigenvalue weighted by molar-refractivity contribution is 0.586. The minimum absolute atomic E-state index is 0. The number of nitrogens with two attached hydrogens (primary N) is 1. The molecular formula is C17H24IN3. The van der Waals surface area contributed by atoms with Crippen LogP contribution in [0.25, 0.3) is 0 Å². The Morgan fingerprint density at radius 3 is 2.71 bits per heavy atom. The van der Waals surface area contributed by atoms with E-state index in [4.69, 9.17) is 12.2 Å². The number of rotatable bonds is 3. The van der Waals surface area contributed by atoms with Crippen molar-refractivity contribution in [2.24, 2.45) is 16.6 Å². The average Bonchev–Trinajstić information content (AvgIpc) is 2.45. The average molecular weight is 397 g/mol. The van der Waals surface area contributed by atoms with Crippen molar-refractivity contribution in [1.82, 2.24) is 0 Å². The fraction of sp³-hybridized carbons (Fsp3) is 0.471. The second-order valence-corrected chi connectivity index (χ2v) is 5.65. The molecule has 0 aliphatic heterocycles. The Bertz CT molecular complexity index is 543. The molecule has 1 unspecified atom stereocenters. The molecule has 114 valence electrons. The number of nitrogens with one attached hydrogen (secondary N) is 1. The van der Waals surface area contributed by atoms with E-state index in [1.165, 1.54) is 24.0 Å². The van der Waals surface area contributed by atoms with Gasteiger partial charge in [-0.15, -0.1) is 30.4 Å². The number of hydrogen-bond donors (Lipinski definition) is 2. The molecule has 2 rings (SSSR count). The number of hydrogen-bond acceptors (Lipinski definition) is 1. The molecule has 4 heteroatoms. The summed E-state index contributed by atoms with van der Waals surface area (Å²) in [5, 5.41) is 3.22. The highest BCUT2D eigenvalue weighted by molar-refractivity contribution is 14.0. The smallest absolute Gasteiger partial charge is 0.194 e. The quantitative estimate of drug-likeness (QED) is 0.355. The van der Waals surface area contributed by atoms with E-state index in [1.54, 1.807) is 0 Å². The summed E-state index contributed by atoms with van der Waals surface area (Å²) >= 11 is 0. The van der Waals surface area contributed by atoms with E-state index in [0.717, 1.165) is 18.5 Å². The maximum absolute atomic E-state index is 6.00. The van der Waals surface area contributed by atoms with Gasteiger partial charge < -0.3 is 11.1 Å². The van der Waals surface area contributed by atoms with Crippen LogP contribution in [0.5, 0.6) is 0 Å². The molecule has 3 N–H and O–H groups in total. The first-order valence-electron chi connectivity index (χ1n) is 7.29. The number of nitrogens with zero attached hydrogens (tertiary/aromatic N) is 1. The van der Waals surface area contributed by atoms with Gasteiger partial charge in [-0.2, -0.15) is 0 Å². The molecule has 0 heterocycles. The molecule has 1 aliphatic carbocycles. The summed E-state index contributed by atoms with van der Waals surface area (Å²) in [6.07, 6.45) is 10.3. The van der Waals surface area contributed by atoms with Crippen LogP contribution in [0.15, 0.2) is 23.2 Å². The van der Waals surface area contributed by atoms with Gasteiger partial charge in [-0.3, -0.25) is 0 Å². The third kappa shape index (κ3) is 4.63. The first kappa shape index (κ1) is 17.8. The van der Waals surface area contributed by atoms with E-state index in [1.807, 2.05) is 13.8 Å². The number of aryl methyl sites for hydroxylation is 1. The first-order chi connectivity index (χ1) is 9.61. The van der Waals surface area contributed by atoms with Gasteiger partial charge in [-0.05, 0) is 48.8 Å². The van der Waals surface area contributed by atoms with Gasteiger partial charge in [0.1, 0.15) is 6.04 Å². The SMILES string of the molecule is C#CC(N=C(N)Nc1cccc2c1CCCC2)C(C)C.I. The number of aliphatic imine (C=N–C) groups is 1. The molecule has 3 nitrogen and oxygen atoms in total. The molecule has 0 fully saturated rings. The van der Waals surface area contributed by atoms with Gasteiger partial charge in [0.05, 0.1) is 0 Å². The summed E-state index contributed by atoms with van der Waals surface area (Å²) in [7, 11) is 0. The molecule has 0 spiro atoms. The Balaban J connectivity index is 0.00000220. The maximum Gasteiger partial charge on any atom is 0.194 e. The van der Waals surface area contributed by atoms with Crippen LogP contribution in [0, 0.1) is 18.3 Å². The molecule has 1 aromatic carbocycles. The molecule has 0 aromatic heterocycles. The normalized spacial score (nSPS) is 15.6. The zero-order valence-electron chi connectivity index (χ0n) is 12.7. The molecule has 0 bridgehead atoms. The highest BCUT2D eigenvalue weighted by atomic mass is 127. The largest absolute Gasteiger partial charge is 0.370 e. The van der Waals surface area contributed by atoms with E-state index in [0.29, 0.717) is 5.96 Å². The van der Waals surface area contributed by atoms with E-state index in [-0.39, 0.29) is 35.9 Å². The molecule has 1 aliphatic rings. The van der Waals surface area contributed by atoms with Crippen LogP contribution in [-0.4, -0.2) is 12.0 Å². The standard InChI is InChI=1S/C17H23N3.HI/c1-4-15(12(2)3)19-17(18)20-16-11-7-9-13-8-5-6-10-14(13)16;/h1,7,9,11-12,15H,5-6,8,10H2,2-3H3,(H3,18,19,20);1H. The summed E-state index contributed by atoms with van der Waals surface area (Å²) in [4.78, 5) is 4.39. The van der Waals surface area contributed by atoms with Gasteiger partial charge in [0.2, 0.25) is 0 Å². The van der Waals surface area contributed by atoms with E-state index >= 15 is 0 Å². The van der Waals surface area contributed by atoms with Gasteiger partial charge in [0.25, 0.3) is 0 Å². The number of terminal acetylenes is 1. The summed E-state index contributed by atoms with van der Waals surface area (Å²) < 4.78 is 0. The van der Waals surface area contributed by atoms with Crippen molar-refractivity contribution < 1.29 is 0 Å². The van der Waals surface area contributed by atoms with Crippen molar-refractivity contribution in [3.63, 3.8) is 0 Å². The van der Waals surface area contributed by atoms with Crippen LogP contribution < -0.4 is 11.1 Å². The van der Waals surface area contributed by atoms with E-state index in [2.05, 4.69) is 34.4 Å². The lowest BCUT2D eigenvalue weighted by atomic mass is 9.90. The lowest BCUT2D eigenvalue weighted by Crippen LogP contribution is -2.27. The summed E-state index contributed by atoms with van der Waals surface area (Å²) in [5.41, 5.74) is 9.87. The molecule has 21 heavy (non-hydrogen) atoms. The fourth-order valence-corrected chi connectivity index (χ4v) is 2.60. The summed E-state index contributed by atoms with van der Waals surface area (Å²) in [6.45, 7) is 4.09. The Morgan fingerprint density at radius 2 is 2.05 bits per heavy atom. The summed E-state index contributed by atoms with van der Waals surface area (Å²) in [6, 6.07) is 6.15. The minimum atomic E-state index is -0.179. The van der Waals surface area contributed by atoms with Crippen molar-refractivity contribution >= 4 is 35.6 Å². The van der Waals surface area contributed by atoms with Crippen molar-refractivity contribution in [2.75, 3.05) is 5.32 Å². The molecule has 0 amide bonds. The van der Waals surface area contributed by atoms with Gasteiger partial charge in [0.15, 0.2) is 5.96 Å². The third-order valence-electron chi connectivity index (χ3n) is 3.74. The monoisotopic (exact) mass is 397 g/mol. The van der Waals surface area contributed by atoms with Gasteiger partial charge >= 0.3 is 0 Å².